The molecule has 2 aromatic rings. The summed E-state index contributed by atoms with van der Waals surface area (Å²) in [6.45, 7) is 0.765. The Morgan fingerprint density at radius 3 is 2.84 bits per heavy atom. The number of benzene rings is 1. The fourth-order valence-corrected chi connectivity index (χ4v) is 2.77. The summed E-state index contributed by atoms with van der Waals surface area (Å²) in [7, 11) is 1.71. The van der Waals surface area contributed by atoms with Gasteiger partial charge in [-0.3, -0.25) is 0 Å². The molecule has 0 fully saturated rings. The van der Waals surface area contributed by atoms with Gasteiger partial charge in [0.25, 0.3) is 0 Å². The van der Waals surface area contributed by atoms with Crippen LogP contribution in [0.4, 0.5) is 0 Å². The lowest BCUT2D eigenvalue weighted by Gasteiger charge is -2.08. The molecule has 0 amide bonds. The fraction of sp³-hybridized carbons (Fsp3) is 0.400. The fourth-order valence-electron chi connectivity index (χ4n) is 1.92. The molecule has 0 aliphatic rings. The number of aliphatic hydroxyl groups excluding tert-OH is 1. The van der Waals surface area contributed by atoms with Crippen LogP contribution >= 0.6 is 11.3 Å². The minimum absolute atomic E-state index is 0.477. The second-order valence-corrected chi connectivity index (χ2v) is 5.40. The summed E-state index contributed by atoms with van der Waals surface area (Å²) in [5.74, 6) is 0. The Kier molecular flexibility index (Phi) is 5.51. The Labute approximate surface area is 117 Å². The first kappa shape index (κ1) is 14.2. The average Bonchev–Trinajstić information content (AvgIpc) is 2.88. The standard InChI is InChI=1S/C15H19NO2S/c1-18-9-5-8-15-16-13(11-19-15)10-14(17)12-6-3-2-4-7-12/h2-4,6-7,11,14,17H,5,8-10H2,1H3. The molecule has 1 aromatic carbocycles. The highest BCUT2D eigenvalue weighted by atomic mass is 32.1. The van der Waals surface area contributed by atoms with Crippen LogP contribution in [0.25, 0.3) is 0 Å². The zero-order valence-corrected chi connectivity index (χ0v) is 11.9. The first-order valence-corrected chi connectivity index (χ1v) is 7.33. The molecule has 1 heterocycles. The van der Waals surface area contributed by atoms with Gasteiger partial charge in [-0.15, -0.1) is 11.3 Å². The summed E-state index contributed by atoms with van der Waals surface area (Å²) < 4.78 is 5.03. The van der Waals surface area contributed by atoms with Gasteiger partial charge in [-0.05, 0) is 12.0 Å². The summed E-state index contributed by atoms with van der Waals surface area (Å²) in [6, 6.07) is 9.71. The van der Waals surface area contributed by atoms with Crippen molar-refractivity contribution in [1.82, 2.24) is 4.98 Å². The summed E-state index contributed by atoms with van der Waals surface area (Å²) in [5, 5.41) is 13.3. The molecular weight excluding hydrogens is 258 g/mol. The van der Waals surface area contributed by atoms with E-state index in [1.165, 1.54) is 0 Å². The Bertz CT molecular complexity index is 484. The molecule has 0 aliphatic heterocycles. The molecule has 0 saturated carbocycles. The van der Waals surface area contributed by atoms with E-state index in [1.54, 1.807) is 18.4 Å². The molecule has 4 heteroatoms. The van der Waals surface area contributed by atoms with Crippen molar-refractivity contribution in [2.75, 3.05) is 13.7 Å². The number of aromatic nitrogens is 1. The molecule has 0 aliphatic carbocycles. The highest BCUT2D eigenvalue weighted by Gasteiger charge is 2.10. The lowest BCUT2D eigenvalue weighted by molar-refractivity contribution is 0.177. The summed E-state index contributed by atoms with van der Waals surface area (Å²) in [4.78, 5) is 4.55. The van der Waals surface area contributed by atoms with Gasteiger partial charge in [0.15, 0.2) is 0 Å². The van der Waals surface area contributed by atoms with E-state index in [4.69, 9.17) is 4.74 Å². The summed E-state index contributed by atoms with van der Waals surface area (Å²) in [5.41, 5.74) is 1.91. The van der Waals surface area contributed by atoms with Crippen molar-refractivity contribution in [3.8, 4) is 0 Å². The molecule has 0 bridgehead atoms. The number of ether oxygens (including phenoxy) is 1. The second-order valence-electron chi connectivity index (χ2n) is 4.46. The Balaban J connectivity index is 1.89. The molecule has 0 radical (unpaired) electrons. The van der Waals surface area contributed by atoms with Crippen molar-refractivity contribution in [3.05, 3.63) is 52.0 Å². The van der Waals surface area contributed by atoms with Crippen LogP contribution in [-0.2, 0) is 17.6 Å². The second kappa shape index (κ2) is 7.38. The van der Waals surface area contributed by atoms with E-state index < -0.39 is 6.10 Å². The predicted octanol–water partition coefficient (Wildman–Crippen LogP) is 3.00. The van der Waals surface area contributed by atoms with Gasteiger partial charge in [0.2, 0.25) is 0 Å². The van der Waals surface area contributed by atoms with Gasteiger partial charge in [0.1, 0.15) is 0 Å². The van der Waals surface area contributed by atoms with E-state index in [2.05, 4.69) is 4.98 Å². The molecule has 2 rings (SSSR count). The maximum absolute atomic E-state index is 10.1. The molecule has 0 spiro atoms. The Morgan fingerprint density at radius 1 is 1.32 bits per heavy atom. The van der Waals surface area contributed by atoms with Crippen LogP contribution in [0, 0.1) is 0 Å². The molecule has 1 unspecified atom stereocenters. The first-order chi connectivity index (χ1) is 9.29. The third kappa shape index (κ3) is 4.42. The molecule has 102 valence electrons. The molecule has 3 nitrogen and oxygen atoms in total. The minimum Gasteiger partial charge on any atom is -0.388 e. The van der Waals surface area contributed by atoms with Crippen LogP contribution in [0.3, 0.4) is 0 Å². The largest absolute Gasteiger partial charge is 0.388 e. The Hall–Kier alpha value is -1.23. The molecule has 1 aromatic heterocycles. The van der Waals surface area contributed by atoms with E-state index >= 15 is 0 Å². The van der Waals surface area contributed by atoms with Crippen molar-refractivity contribution in [1.29, 1.82) is 0 Å². The van der Waals surface area contributed by atoms with Crippen molar-refractivity contribution in [2.24, 2.45) is 0 Å². The summed E-state index contributed by atoms with van der Waals surface area (Å²) >= 11 is 1.66. The zero-order valence-electron chi connectivity index (χ0n) is 11.1. The maximum Gasteiger partial charge on any atom is 0.0929 e. The SMILES string of the molecule is COCCCc1nc(CC(O)c2ccccc2)cs1. The van der Waals surface area contributed by atoms with E-state index in [-0.39, 0.29) is 0 Å². The lowest BCUT2D eigenvalue weighted by Crippen LogP contribution is -2.02. The molecule has 1 N–H and O–H groups in total. The van der Waals surface area contributed by atoms with Crippen LogP contribution in [0.2, 0.25) is 0 Å². The van der Waals surface area contributed by atoms with E-state index in [0.717, 1.165) is 35.7 Å². The van der Waals surface area contributed by atoms with Gasteiger partial charge in [0.05, 0.1) is 16.8 Å². The van der Waals surface area contributed by atoms with Crippen molar-refractivity contribution in [2.45, 2.75) is 25.4 Å². The van der Waals surface area contributed by atoms with Gasteiger partial charge in [-0.25, -0.2) is 4.98 Å². The Morgan fingerprint density at radius 2 is 2.11 bits per heavy atom. The number of hydrogen-bond donors (Lipinski definition) is 1. The average molecular weight is 277 g/mol. The molecular formula is C15H19NO2S. The highest BCUT2D eigenvalue weighted by molar-refractivity contribution is 7.09. The van der Waals surface area contributed by atoms with E-state index in [0.29, 0.717) is 6.42 Å². The number of nitrogens with zero attached hydrogens (tertiary/aromatic N) is 1. The van der Waals surface area contributed by atoms with Crippen molar-refractivity contribution in [3.63, 3.8) is 0 Å². The lowest BCUT2D eigenvalue weighted by atomic mass is 10.1. The van der Waals surface area contributed by atoms with Crippen molar-refractivity contribution >= 4 is 11.3 Å². The topological polar surface area (TPSA) is 42.4 Å². The quantitative estimate of drug-likeness (QED) is 0.791. The van der Waals surface area contributed by atoms with Crippen LogP contribution in [0.1, 0.15) is 28.8 Å². The number of methoxy groups -OCH3 is 1. The van der Waals surface area contributed by atoms with E-state index in [9.17, 15) is 5.11 Å². The van der Waals surface area contributed by atoms with Crippen LogP contribution < -0.4 is 0 Å². The van der Waals surface area contributed by atoms with E-state index in [1.807, 2.05) is 35.7 Å². The van der Waals surface area contributed by atoms with Gasteiger partial charge in [-0.1, -0.05) is 30.3 Å². The maximum atomic E-state index is 10.1. The van der Waals surface area contributed by atoms with Crippen LogP contribution in [-0.4, -0.2) is 23.8 Å². The first-order valence-electron chi connectivity index (χ1n) is 6.45. The number of aryl methyl sites for hydroxylation is 1. The molecule has 1 atom stereocenters. The monoisotopic (exact) mass is 277 g/mol. The summed E-state index contributed by atoms with van der Waals surface area (Å²) in [6.07, 6.45) is 2.03. The molecule has 0 saturated heterocycles. The number of rotatable bonds is 7. The van der Waals surface area contributed by atoms with Gasteiger partial charge in [-0.2, -0.15) is 0 Å². The normalized spacial score (nSPS) is 12.5. The zero-order chi connectivity index (χ0) is 13.5. The number of aliphatic hydroxyl groups is 1. The predicted molar refractivity (Wildman–Crippen MR) is 77.4 cm³/mol. The number of thiazole rings is 1. The van der Waals surface area contributed by atoms with Gasteiger partial charge >= 0.3 is 0 Å². The highest BCUT2D eigenvalue weighted by Crippen LogP contribution is 2.20. The molecule has 19 heavy (non-hydrogen) atoms. The van der Waals surface area contributed by atoms with Crippen LogP contribution in [0.15, 0.2) is 35.7 Å². The third-order valence-electron chi connectivity index (χ3n) is 2.93. The smallest absolute Gasteiger partial charge is 0.0929 e. The van der Waals surface area contributed by atoms with Crippen LogP contribution in [0.5, 0.6) is 0 Å². The van der Waals surface area contributed by atoms with Gasteiger partial charge in [0, 0.05) is 31.9 Å². The van der Waals surface area contributed by atoms with Crippen molar-refractivity contribution < 1.29 is 9.84 Å². The third-order valence-corrected chi connectivity index (χ3v) is 3.88. The van der Waals surface area contributed by atoms with Gasteiger partial charge < -0.3 is 9.84 Å². The minimum atomic E-state index is -0.477. The number of hydrogen-bond acceptors (Lipinski definition) is 4.